The molecule has 1 saturated heterocycles. The number of carbonyl (C=O) groups excluding carboxylic acids is 1. The van der Waals surface area contributed by atoms with Crippen molar-refractivity contribution in [3.63, 3.8) is 0 Å². The minimum absolute atomic E-state index is 0.262. The van der Waals surface area contributed by atoms with E-state index in [0.29, 0.717) is 18.4 Å². The van der Waals surface area contributed by atoms with E-state index in [1.54, 1.807) is 0 Å². The van der Waals surface area contributed by atoms with Gasteiger partial charge in [-0.2, -0.15) is 0 Å². The van der Waals surface area contributed by atoms with Crippen LogP contribution < -0.4 is 5.73 Å². The number of nitrogens with zero attached hydrogens (tertiary/aromatic N) is 1. The zero-order valence-electron chi connectivity index (χ0n) is 12.8. The van der Waals surface area contributed by atoms with E-state index in [4.69, 9.17) is 15.2 Å². The average Bonchev–Trinajstić information content (AvgIpc) is 2.47. The van der Waals surface area contributed by atoms with Gasteiger partial charge in [0.15, 0.2) is 0 Å². The summed E-state index contributed by atoms with van der Waals surface area (Å²) in [5, 5.41) is 0. The minimum Gasteiger partial charge on any atom is -0.468 e. The minimum atomic E-state index is -0.790. The largest absolute Gasteiger partial charge is 0.468 e. The van der Waals surface area contributed by atoms with Gasteiger partial charge in [-0.05, 0) is 51.5 Å². The molecule has 1 saturated carbocycles. The van der Waals surface area contributed by atoms with Crippen LogP contribution in [0.5, 0.6) is 0 Å². The summed E-state index contributed by atoms with van der Waals surface area (Å²) in [6, 6.07) is 0.385. The van der Waals surface area contributed by atoms with Crippen LogP contribution >= 0.6 is 0 Å². The van der Waals surface area contributed by atoms with Crippen LogP contribution in [0.4, 0.5) is 0 Å². The Bertz CT molecular complexity index is 331. The summed E-state index contributed by atoms with van der Waals surface area (Å²) in [4.78, 5) is 14.3. The molecule has 116 valence electrons. The molecule has 0 aromatic rings. The van der Waals surface area contributed by atoms with Crippen molar-refractivity contribution < 1.29 is 14.3 Å². The van der Waals surface area contributed by atoms with Gasteiger partial charge < -0.3 is 20.1 Å². The Kier molecular flexibility index (Phi) is 5.41. The average molecular weight is 284 g/mol. The van der Waals surface area contributed by atoms with Gasteiger partial charge in [-0.25, -0.2) is 0 Å². The zero-order valence-corrected chi connectivity index (χ0v) is 12.8. The molecule has 0 aromatic carbocycles. The van der Waals surface area contributed by atoms with E-state index in [0.717, 1.165) is 51.9 Å². The fourth-order valence-electron chi connectivity index (χ4n) is 3.53. The lowest BCUT2D eigenvalue weighted by molar-refractivity contribution is -0.149. The van der Waals surface area contributed by atoms with E-state index in [-0.39, 0.29) is 5.97 Å². The topological polar surface area (TPSA) is 64.8 Å². The van der Waals surface area contributed by atoms with Crippen molar-refractivity contribution in [2.75, 3.05) is 33.9 Å². The number of esters is 1. The predicted octanol–water partition coefficient (Wildman–Crippen LogP) is 1.16. The molecule has 2 N–H and O–H groups in total. The molecule has 0 bridgehead atoms. The molecule has 2 rings (SSSR count). The fourth-order valence-corrected chi connectivity index (χ4v) is 3.53. The first-order chi connectivity index (χ1) is 9.55. The highest BCUT2D eigenvalue weighted by Crippen LogP contribution is 2.31. The lowest BCUT2D eigenvalue weighted by Gasteiger charge is -2.41. The normalized spacial score (nSPS) is 32.3. The van der Waals surface area contributed by atoms with Gasteiger partial charge in [0.1, 0.15) is 5.54 Å². The molecular weight excluding hydrogens is 256 g/mol. The van der Waals surface area contributed by atoms with Crippen LogP contribution in [0, 0.1) is 5.92 Å². The molecule has 0 amide bonds. The lowest BCUT2D eigenvalue weighted by Crippen LogP contribution is -2.56. The third kappa shape index (κ3) is 3.71. The quantitative estimate of drug-likeness (QED) is 0.785. The molecule has 1 heterocycles. The van der Waals surface area contributed by atoms with Crippen LogP contribution in [-0.4, -0.2) is 56.4 Å². The molecule has 1 aliphatic heterocycles. The van der Waals surface area contributed by atoms with E-state index < -0.39 is 5.54 Å². The summed E-state index contributed by atoms with van der Waals surface area (Å²) >= 11 is 0. The Morgan fingerprint density at radius 3 is 2.75 bits per heavy atom. The smallest absolute Gasteiger partial charge is 0.325 e. The molecule has 2 fully saturated rings. The maximum atomic E-state index is 11.9. The van der Waals surface area contributed by atoms with Crippen molar-refractivity contribution >= 4 is 5.97 Å². The van der Waals surface area contributed by atoms with E-state index in [1.165, 1.54) is 7.11 Å². The van der Waals surface area contributed by atoms with Gasteiger partial charge in [-0.15, -0.1) is 0 Å². The summed E-state index contributed by atoms with van der Waals surface area (Å²) in [5.74, 6) is 0.447. The van der Waals surface area contributed by atoms with Gasteiger partial charge in [0, 0.05) is 25.8 Å². The second-order valence-electron chi connectivity index (χ2n) is 6.39. The van der Waals surface area contributed by atoms with Crippen molar-refractivity contribution in [1.29, 1.82) is 0 Å². The first-order valence-corrected chi connectivity index (χ1v) is 7.70. The Labute approximate surface area is 121 Å². The lowest BCUT2D eigenvalue weighted by atomic mass is 9.79. The van der Waals surface area contributed by atoms with Crippen LogP contribution in [-0.2, 0) is 14.3 Å². The molecule has 0 spiro atoms. The Hall–Kier alpha value is -0.650. The van der Waals surface area contributed by atoms with Gasteiger partial charge in [0.25, 0.3) is 0 Å². The van der Waals surface area contributed by atoms with E-state index >= 15 is 0 Å². The predicted molar refractivity (Wildman–Crippen MR) is 77.4 cm³/mol. The fraction of sp³-hybridized carbons (Fsp3) is 0.933. The number of hydrogen-bond donors (Lipinski definition) is 1. The molecule has 2 atom stereocenters. The van der Waals surface area contributed by atoms with Crippen LogP contribution in [0.15, 0.2) is 0 Å². The number of methoxy groups -OCH3 is 1. The number of nitrogens with two attached hydrogens (primary N) is 1. The van der Waals surface area contributed by atoms with Crippen molar-refractivity contribution in [1.82, 2.24) is 4.90 Å². The van der Waals surface area contributed by atoms with E-state index in [1.807, 2.05) is 0 Å². The maximum absolute atomic E-state index is 11.9. The van der Waals surface area contributed by atoms with Gasteiger partial charge in [-0.3, -0.25) is 4.79 Å². The highest BCUT2D eigenvalue weighted by atomic mass is 16.5. The first-order valence-electron chi connectivity index (χ1n) is 7.70. The standard InChI is InChI=1S/C15H28N2O3/c1-17(11-12-5-8-20-9-6-12)13-4-3-7-15(16,10-13)14(18)19-2/h12-13H,3-11,16H2,1-2H3. The second kappa shape index (κ2) is 6.87. The van der Waals surface area contributed by atoms with Gasteiger partial charge in [0.05, 0.1) is 7.11 Å². The molecule has 1 aliphatic carbocycles. The monoisotopic (exact) mass is 284 g/mol. The van der Waals surface area contributed by atoms with Crippen LogP contribution in [0.2, 0.25) is 0 Å². The third-order valence-corrected chi connectivity index (χ3v) is 4.86. The molecule has 5 heteroatoms. The summed E-state index contributed by atoms with van der Waals surface area (Å²) in [6.45, 7) is 2.84. The van der Waals surface area contributed by atoms with E-state index in [9.17, 15) is 4.79 Å². The molecule has 0 radical (unpaired) electrons. The molecule has 2 aliphatic rings. The Morgan fingerprint density at radius 2 is 2.10 bits per heavy atom. The van der Waals surface area contributed by atoms with Crippen molar-refractivity contribution in [3.05, 3.63) is 0 Å². The third-order valence-electron chi connectivity index (χ3n) is 4.86. The maximum Gasteiger partial charge on any atom is 0.325 e. The molecule has 20 heavy (non-hydrogen) atoms. The summed E-state index contributed by atoms with van der Waals surface area (Å²) in [5.41, 5.74) is 5.46. The van der Waals surface area contributed by atoms with Gasteiger partial charge in [0.2, 0.25) is 0 Å². The summed E-state index contributed by atoms with van der Waals surface area (Å²) in [6.07, 6.45) is 5.84. The van der Waals surface area contributed by atoms with Crippen LogP contribution in [0.1, 0.15) is 38.5 Å². The Morgan fingerprint density at radius 1 is 1.40 bits per heavy atom. The molecule has 2 unspecified atom stereocenters. The molecule has 5 nitrogen and oxygen atoms in total. The SMILES string of the molecule is COC(=O)C1(N)CCCC(N(C)CC2CCOCC2)C1. The van der Waals surface area contributed by atoms with E-state index in [2.05, 4.69) is 11.9 Å². The highest BCUT2D eigenvalue weighted by Gasteiger charge is 2.41. The van der Waals surface area contributed by atoms with Gasteiger partial charge in [-0.1, -0.05) is 0 Å². The summed E-state index contributed by atoms with van der Waals surface area (Å²) < 4.78 is 10.3. The van der Waals surface area contributed by atoms with Crippen molar-refractivity contribution in [2.45, 2.75) is 50.1 Å². The highest BCUT2D eigenvalue weighted by molar-refractivity contribution is 5.80. The van der Waals surface area contributed by atoms with Crippen molar-refractivity contribution in [3.8, 4) is 0 Å². The summed E-state index contributed by atoms with van der Waals surface area (Å²) in [7, 11) is 3.58. The second-order valence-corrected chi connectivity index (χ2v) is 6.39. The molecule has 0 aromatic heterocycles. The first kappa shape index (κ1) is 15.7. The zero-order chi connectivity index (χ0) is 14.6. The van der Waals surface area contributed by atoms with Gasteiger partial charge >= 0.3 is 5.97 Å². The Balaban J connectivity index is 1.89. The number of ether oxygens (including phenoxy) is 2. The number of hydrogen-bond acceptors (Lipinski definition) is 5. The van der Waals surface area contributed by atoms with Crippen molar-refractivity contribution in [2.24, 2.45) is 11.7 Å². The van der Waals surface area contributed by atoms with Crippen LogP contribution in [0.25, 0.3) is 0 Å². The van der Waals surface area contributed by atoms with Crippen LogP contribution in [0.3, 0.4) is 0 Å². The number of rotatable bonds is 4. The molecular formula is C15H28N2O3. The number of carbonyl (C=O) groups is 1.